The molecule has 0 atom stereocenters. The highest BCUT2D eigenvalue weighted by Crippen LogP contribution is 2.19. The first-order valence-corrected chi connectivity index (χ1v) is 8.07. The van der Waals surface area contributed by atoms with Crippen molar-refractivity contribution in [2.75, 3.05) is 10.6 Å². The standard InChI is InChI=1S/C20H17FN2S/c21-17-10-12-18(13-11-17)22-20(24)23-19-9-5-4-8-16(19)14-15-6-2-1-3-7-15/h1-13H,14H2,(H2,22,23,24). The van der Waals surface area contributed by atoms with Gasteiger partial charge in [0, 0.05) is 11.4 Å². The molecule has 0 bridgehead atoms. The van der Waals surface area contributed by atoms with Gasteiger partial charge in [-0.2, -0.15) is 0 Å². The molecule has 0 radical (unpaired) electrons. The molecule has 3 aromatic carbocycles. The Morgan fingerprint density at radius 1 is 0.792 bits per heavy atom. The van der Waals surface area contributed by atoms with E-state index in [4.69, 9.17) is 12.2 Å². The molecule has 3 aromatic rings. The molecule has 2 nitrogen and oxygen atoms in total. The second-order valence-corrected chi connectivity index (χ2v) is 5.81. The Hall–Kier alpha value is -2.72. The number of hydrogen-bond acceptors (Lipinski definition) is 1. The van der Waals surface area contributed by atoms with Crippen molar-refractivity contribution < 1.29 is 4.39 Å². The monoisotopic (exact) mass is 336 g/mol. The molecule has 0 aliphatic rings. The summed E-state index contributed by atoms with van der Waals surface area (Å²) in [5.41, 5.74) is 4.10. The lowest BCUT2D eigenvalue weighted by atomic mass is 10.0. The lowest BCUT2D eigenvalue weighted by Gasteiger charge is -2.14. The number of nitrogens with one attached hydrogen (secondary N) is 2. The highest BCUT2D eigenvalue weighted by atomic mass is 32.1. The molecule has 3 rings (SSSR count). The van der Waals surface area contributed by atoms with Crippen LogP contribution in [0.1, 0.15) is 11.1 Å². The maximum absolute atomic E-state index is 13.0. The zero-order valence-electron chi connectivity index (χ0n) is 13.0. The number of para-hydroxylation sites is 1. The van der Waals surface area contributed by atoms with Crippen LogP contribution in [0, 0.1) is 5.82 Å². The van der Waals surface area contributed by atoms with E-state index >= 15 is 0 Å². The van der Waals surface area contributed by atoms with Crippen LogP contribution in [0.5, 0.6) is 0 Å². The van der Waals surface area contributed by atoms with Gasteiger partial charge in [0.15, 0.2) is 5.11 Å². The van der Waals surface area contributed by atoms with Gasteiger partial charge in [0.1, 0.15) is 5.82 Å². The van der Waals surface area contributed by atoms with Gasteiger partial charge in [-0.3, -0.25) is 0 Å². The summed E-state index contributed by atoms with van der Waals surface area (Å²) in [5.74, 6) is -0.271. The van der Waals surface area contributed by atoms with Gasteiger partial charge in [-0.1, -0.05) is 48.5 Å². The van der Waals surface area contributed by atoms with Crippen LogP contribution < -0.4 is 10.6 Å². The average Bonchev–Trinajstić information content (AvgIpc) is 2.60. The minimum absolute atomic E-state index is 0.271. The van der Waals surface area contributed by atoms with E-state index in [1.54, 1.807) is 12.1 Å². The molecular weight excluding hydrogens is 319 g/mol. The van der Waals surface area contributed by atoms with Crippen LogP contribution in [0.2, 0.25) is 0 Å². The number of rotatable bonds is 4. The third-order valence-corrected chi connectivity index (χ3v) is 3.81. The summed E-state index contributed by atoms with van der Waals surface area (Å²) < 4.78 is 13.0. The molecule has 0 spiro atoms. The Labute approximate surface area is 146 Å². The number of thiocarbonyl (C=S) groups is 1. The molecular formula is C20H17FN2S. The van der Waals surface area contributed by atoms with Gasteiger partial charge in [-0.05, 0) is 60.1 Å². The van der Waals surface area contributed by atoms with Gasteiger partial charge in [0.25, 0.3) is 0 Å². The first-order chi connectivity index (χ1) is 11.7. The first kappa shape index (κ1) is 16.1. The summed E-state index contributed by atoms with van der Waals surface area (Å²) in [5, 5.41) is 6.76. The largest absolute Gasteiger partial charge is 0.332 e. The molecule has 0 heterocycles. The van der Waals surface area contributed by atoms with Gasteiger partial charge in [-0.25, -0.2) is 4.39 Å². The zero-order valence-corrected chi connectivity index (χ0v) is 13.8. The Balaban J connectivity index is 1.70. The van der Waals surface area contributed by atoms with E-state index in [2.05, 4.69) is 28.8 Å². The Morgan fingerprint density at radius 2 is 1.46 bits per heavy atom. The van der Waals surface area contributed by atoms with Crippen LogP contribution in [0.3, 0.4) is 0 Å². The summed E-state index contributed by atoms with van der Waals surface area (Å²) in [6, 6.07) is 24.4. The molecule has 24 heavy (non-hydrogen) atoms. The molecule has 0 saturated heterocycles. The SMILES string of the molecule is Fc1ccc(NC(=S)Nc2ccccc2Cc2ccccc2)cc1. The van der Waals surface area contributed by atoms with Crippen LogP contribution in [-0.4, -0.2) is 5.11 Å². The second-order valence-electron chi connectivity index (χ2n) is 5.41. The van der Waals surface area contributed by atoms with Crippen molar-refractivity contribution in [3.63, 3.8) is 0 Å². The highest BCUT2D eigenvalue weighted by molar-refractivity contribution is 7.80. The van der Waals surface area contributed by atoms with Crippen molar-refractivity contribution in [3.05, 3.63) is 95.8 Å². The molecule has 0 unspecified atom stereocenters. The molecule has 0 aliphatic heterocycles. The van der Waals surface area contributed by atoms with Crippen LogP contribution in [0.4, 0.5) is 15.8 Å². The highest BCUT2D eigenvalue weighted by Gasteiger charge is 2.05. The third kappa shape index (κ3) is 4.40. The summed E-state index contributed by atoms with van der Waals surface area (Å²) in [6.45, 7) is 0. The molecule has 0 fully saturated rings. The van der Waals surface area contributed by atoms with E-state index in [0.717, 1.165) is 23.4 Å². The molecule has 4 heteroatoms. The lowest BCUT2D eigenvalue weighted by molar-refractivity contribution is 0.628. The number of halogens is 1. The van der Waals surface area contributed by atoms with E-state index in [-0.39, 0.29) is 5.82 Å². The fourth-order valence-corrected chi connectivity index (χ4v) is 2.66. The van der Waals surface area contributed by atoms with E-state index in [0.29, 0.717) is 5.11 Å². The third-order valence-electron chi connectivity index (χ3n) is 3.61. The molecule has 120 valence electrons. The van der Waals surface area contributed by atoms with Crippen LogP contribution >= 0.6 is 12.2 Å². The second kappa shape index (κ2) is 7.70. The number of hydrogen-bond donors (Lipinski definition) is 2. The molecule has 0 aliphatic carbocycles. The minimum Gasteiger partial charge on any atom is -0.332 e. The normalized spacial score (nSPS) is 10.2. The van der Waals surface area contributed by atoms with Crippen LogP contribution in [0.15, 0.2) is 78.9 Å². The van der Waals surface area contributed by atoms with E-state index in [1.165, 1.54) is 17.7 Å². The van der Waals surface area contributed by atoms with E-state index < -0.39 is 0 Å². The Bertz CT molecular complexity index is 817. The lowest BCUT2D eigenvalue weighted by Crippen LogP contribution is -2.20. The summed E-state index contributed by atoms with van der Waals surface area (Å²) >= 11 is 5.36. The van der Waals surface area contributed by atoms with Gasteiger partial charge in [0.2, 0.25) is 0 Å². The Kier molecular flexibility index (Phi) is 5.18. The summed E-state index contributed by atoms with van der Waals surface area (Å²) in [7, 11) is 0. The van der Waals surface area contributed by atoms with Crippen molar-refractivity contribution in [1.82, 2.24) is 0 Å². The maximum atomic E-state index is 13.0. The molecule has 0 aromatic heterocycles. The smallest absolute Gasteiger partial charge is 0.175 e. The summed E-state index contributed by atoms with van der Waals surface area (Å²) in [6.07, 6.45) is 0.823. The van der Waals surface area contributed by atoms with Crippen molar-refractivity contribution in [3.8, 4) is 0 Å². The van der Waals surface area contributed by atoms with Crippen LogP contribution in [-0.2, 0) is 6.42 Å². The molecule has 2 N–H and O–H groups in total. The molecule has 0 saturated carbocycles. The maximum Gasteiger partial charge on any atom is 0.175 e. The van der Waals surface area contributed by atoms with Gasteiger partial charge in [-0.15, -0.1) is 0 Å². The van der Waals surface area contributed by atoms with E-state index in [1.807, 2.05) is 36.4 Å². The zero-order chi connectivity index (χ0) is 16.8. The van der Waals surface area contributed by atoms with E-state index in [9.17, 15) is 4.39 Å². The number of benzene rings is 3. The fourth-order valence-electron chi connectivity index (χ4n) is 2.43. The van der Waals surface area contributed by atoms with Crippen molar-refractivity contribution >= 4 is 28.7 Å². The average molecular weight is 336 g/mol. The van der Waals surface area contributed by atoms with Crippen molar-refractivity contribution in [2.24, 2.45) is 0 Å². The first-order valence-electron chi connectivity index (χ1n) is 7.66. The topological polar surface area (TPSA) is 24.1 Å². The fraction of sp³-hybridized carbons (Fsp3) is 0.0500. The van der Waals surface area contributed by atoms with Crippen molar-refractivity contribution in [1.29, 1.82) is 0 Å². The van der Waals surface area contributed by atoms with Gasteiger partial charge < -0.3 is 10.6 Å². The van der Waals surface area contributed by atoms with Gasteiger partial charge >= 0.3 is 0 Å². The predicted molar refractivity (Wildman–Crippen MR) is 102 cm³/mol. The van der Waals surface area contributed by atoms with Crippen LogP contribution in [0.25, 0.3) is 0 Å². The van der Waals surface area contributed by atoms with Gasteiger partial charge in [0.05, 0.1) is 0 Å². The van der Waals surface area contributed by atoms with Crippen molar-refractivity contribution in [2.45, 2.75) is 6.42 Å². The summed E-state index contributed by atoms with van der Waals surface area (Å²) in [4.78, 5) is 0. The predicted octanol–water partition coefficient (Wildman–Crippen LogP) is 5.23. The minimum atomic E-state index is -0.271. The molecule has 0 amide bonds. The Morgan fingerprint density at radius 3 is 2.21 bits per heavy atom. The number of anilines is 2. The quantitative estimate of drug-likeness (QED) is 0.638.